The number of H-pyrrole nitrogens is 1. The van der Waals surface area contributed by atoms with Gasteiger partial charge < -0.3 is 10.6 Å². The summed E-state index contributed by atoms with van der Waals surface area (Å²) in [5.41, 5.74) is 6.92. The molecule has 1 saturated heterocycles. The minimum atomic E-state index is -0.529. The van der Waals surface area contributed by atoms with E-state index in [1.165, 1.54) is 6.07 Å². The smallest absolute Gasteiger partial charge is 0.329 e. The molecule has 0 bridgehead atoms. The van der Waals surface area contributed by atoms with Gasteiger partial charge in [-0.05, 0) is 25.8 Å². The first-order valence-electron chi connectivity index (χ1n) is 9.12. The number of nitrogens with two attached hydrogens (primary N) is 1. The Kier molecular flexibility index (Phi) is 3.22. The Balaban J connectivity index is 1.72. The second-order valence-electron chi connectivity index (χ2n) is 7.78. The summed E-state index contributed by atoms with van der Waals surface area (Å²) in [4.78, 5) is 29.0. The number of aromatic nitrogens is 2. The van der Waals surface area contributed by atoms with E-state index < -0.39 is 17.1 Å². The zero-order valence-electron chi connectivity index (χ0n) is 14.5. The van der Waals surface area contributed by atoms with E-state index in [-0.39, 0.29) is 23.4 Å². The van der Waals surface area contributed by atoms with Crippen LogP contribution in [0.5, 0.6) is 0 Å². The standard InChI is InChI=1S/C19H21FN4O2/c1-9-16-12(18(25)22-19(26)24(16)11-3-4-11)6-14(20)17(9)23-7-10-2-5-15(21)13(10)8-23/h2,5-6,10-11,13,15H,3-4,7-8,21H2,1H3,(H,22,25,26). The van der Waals surface area contributed by atoms with Crippen LogP contribution in [-0.2, 0) is 0 Å². The number of anilines is 1. The molecule has 0 radical (unpaired) electrons. The van der Waals surface area contributed by atoms with Crippen molar-refractivity contribution in [2.45, 2.75) is 31.8 Å². The van der Waals surface area contributed by atoms with Gasteiger partial charge in [0.1, 0.15) is 5.82 Å². The minimum Gasteiger partial charge on any atom is -0.368 e. The SMILES string of the molecule is Cc1c(N2CC3C=CC(N)C3C2)c(F)cc2c(=O)[nH]c(=O)n(C3CC3)c12. The fourth-order valence-corrected chi connectivity index (χ4v) is 4.70. The van der Waals surface area contributed by atoms with Crippen LogP contribution in [0.25, 0.3) is 10.9 Å². The van der Waals surface area contributed by atoms with Gasteiger partial charge in [0, 0.05) is 42.6 Å². The van der Waals surface area contributed by atoms with Crippen molar-refractivity contribution in [3.8, 4) is 0 Å². The predicted octanol–water partition coefficient (Wildman–Crippen LogP) is 1.42. The number of hydrogen-bond donors (Lipinski definition) is 2. The summed E-state index contributed by atoms with van der Waals surface area (Å²) in [6.45, 7) is 3.19. The van der Waals surface area contributed by atoms with Gasteiger partial charge in [0.25, 0.3) is 5.56 Å². The van der Waals surface area contributed by atoms with Crippen molar-refractivity contribution in [1.82, 2.24) is 9.55 Å². The average molecular weight is 356 g/mol. The zero-order valence-corrected chi connectivity index (χ0v) is 14.5. The van der Waals surface area contributed by atoms with Crippen molar-refractivity contribution >= 4 is 16.6 Å². The summed E-state index contributed by atoms with van der Waals surface area (Å²) in [7, 11) is 0. The second-order valence-corrected chi connectivity index (χ2v) is 7.78. The van der Waals surface area contributed by atoms with Gasteiger partial charge in [0.05, 0.1) is 16.6 Å². The predicted molar refractivity (Wildman–Crippen MR) is 98.1 cm³/mol. The fourth-order valence-electron chi connectivity index (χ4n) is 4.70. The zero-order chi connectivity index (χ0) is 18.2. The third-order valence-electron chi connectivity index (χ3n) is 6.10. The van der Waals surface area contributed by atoms with Crippen molar-refractivity contribution in [3.05, 3.63) is 50.4 Å². The second kappa shape index (κ2) is 5.30. The molecular formula is C19H21FN4O2. The van der Waals surface area contributed by atoms with Crippen LogP contribution in [0, 0.1) is 24.6 Å². The van der Waals surface area contributed by atoms with E-state index >= 15 is 4.39 Å². The molecule has 3 unspecified atom stereocenters. The molecule has 2 fully saturated rings. The van der Waals surface area contributed by atoms with Crippen molar-refractivity contribution in [1.29, 1.82) is 0 Å². The van der Waals surface area contributed by atoms with Crippen LogP contribution >= 0.6 is 0 Å². The van der Waals surface area contributed by atoms with Gasteiger partial charge >= 0.3 is 5.69 Å². The maximum Gasteiger partial charge on any atom is 0.329 e. The van der Waals surface area contributed by atoms with Crippen molar-refractivity contribution in [3.63, 3.8) is 0 Å². The topological polar surface area (TPSA) is 84.1 Å². The minimum absolute atomic E-state index is 0.00122. The van der Waals surface area contributed by atoms with Gasteiger partial charge in [-0.25, -0.2) is 9.18 Å². The van der Waals surface area contributed by atoms with Crippen LogP contribution in [0.1, 0.15) is 24.4 Å². The molecule has 3 atom stereocenters. The molecule has 6 nitrogen and oxygen atoms in total. The monoisotopic (exact) mass is 356 g/mol. The molecule has 2 aromatic rings. The molecule has 2 heterocycles. The van der Waals surface area contributed by atoms with E-state index in [9.17, 15) is 9.59 Å². The highest BCUT2D eigenvalue weighted by molar-refractivity contribution is 5.87. The summed E-state index contributed by atoms with van der Waals surface area (Å²) in [5, 5.41) is 0.242. The molecule has 1 aromatic carbocycles. The number of rotatable bonds is 2. The molecule has 1 aromatic heterocycles. The summed E-state index contributed by atoms with van der Waals surface area (Å²) < 4.78 is 16.6. The Bertz CT molecular complexity index is 1070. The summed E-state index contributed by atoms with van der Waals surface area (Å²) in [5.74, 6) is 0.192. The number of hydrogen-bond acceptors (Lipinski definition) is 4. The Hall–Kier alpha value is -2.41. The van der Waals surface area contributed by atoms with E-state index in [1.54, 1.807) is 4.57 Å². The first-order chi connectivity index (χ1) is 12.5. The number of halogens is 1. The van der Waals surface area contributed by atoms with Gasteiger partial charge in [-0.15, -0.1) is 0 Å². The van der Waals surface area contributed by atoms with Gasteiger partial charge in [0.15, 0.2) is 0 Å². The highest BCUT2D eigenvalue weighted by atomic mass is 19.1. The van der Waals surface area contributed by atoms with E-state index in [4.69, 9.17) is 5.73 Å². The maximum atomic E-state index is 15.0. The third-order valence-corrected chi connectivity index (χ3v) is 6.10. The molecule has 0 amide bonds. The maximum absolute atomic E-state index is 15.0. The van der Waals surface area contributed by atoms with Gasteiger partial charge in [-0.3, -0.25) is 14.3 Å². The van der Waals surface area contributed by atoms with Crippen molar-refractivity contribution < 1.29 is 4.39 Å². The first kappa shape index (κ1) is 15.8. The highest BCUT2D eigenvalue weighted by Crippen LogP contribution is 2.41. The average Bonchev–Trinajstić information content (AvgIpc) is 3.24. The number of aryl methyl sites for hydroxylation is 1. The fraction of sp³-hybridized carbons (Fsp3) is 0.474. The molecule has 0 spiro atoms. The molecule has 3 N–H and O–H groups in total. The molecule has 2 aliphatic carbocycles. The molecule has 7 heteroatoms. The Labute approximate surface area is 149 Å². The van der Waals surface area contributed by atoms with E-state index in [2.05, 4.69) is 11.1 Å². The van der Waals surface area contributed by atoms with Crippen molar-refractivity contribution in [2.24, 2.45) is 17.6 Å². The lowest BCUT2D eigenvalue weighted by Crippen LogP contribution is -2.32. The van der Waals surface area contributed by atoms with Crippen LogP contribution in [0.2, 0.25) is 0 Å². The lowest BCUT2D eigenvalue weighted by molar-refractivity contribution is 0.481. The summed E-state index contributed by atoms with van der Waals surface area (Å²) in [6, 6.07) is 1.37. The molecule has 5 rings (SSSR count). The normalized spacial score (nSPS) is 27.5. The van der Waals surface area contributed by atoms with Gasteiger partial charge in [-0.1, -0.05) is 12.2 Å². The van der Waals surface area contributed by atoms with Crippen LogP contribution in [-0.4, -0.2) is 28.7 Å². The molecule has 3 aliphatic rings. The van der Waals surface area contributed by atoms with Crippen LogP contribution in [0.4, 0.5) is 10.1 Å². The van der Waals surface area contributed by atoms with Crippen molar-refractivity contribution in [2.75, 3.05) is 18.0 Å². The summed E-state index contributed by atoms with van der Waals surface area (Å²) >= 11 is 0. The van der Waals surface area contributed by atoms with Gasteiger partial charge in [0.2, 0.25) is 0 Å². The Morgan fingerprint density at radius 3 is 2.69 bits per heavy atom. The van der Waals surface area contributed by atoms with E-state index in [0.717, 1.165) is 12.8 Å². The molecular weight excluding hydrogens is 335 g/mol. The lowest BCUT2D eigenvalue weighted by atomic mass is 9.97. The third kappa shape index (κ3) is 2.13. The molecule has 1 saturated carbocycles. The lowest BCUT2D eigenvalue weighted by Gasteiger charge is -2.24. The first-order valence-corrected chi connectivity index (χ1v) is 9.12. The highest BCUT2D eigenvalue weighted by Gasteiger charge is 2.39. The van der Waals surface area contributed by atoms with E-state index in [1.807, 2.05) is 17.9 Å². The Morgan fingerprint density at radius 1 is 1.23 bits per heavy atom. The van der Waals surface area contributed by atoms with Crippen LogP contribution < -0.4 is 21.9 Å². The molecule has 1 aliphatic heterocycles. The van der Waals surface area contributed by atoms with Crippen LogP contribution in [0.3, 0.4) is 0 Å². The van der Waals surface area contributed by atoms with Crippen LogP contribution in [0.15, 0.2) is 27.8 Å². The molecule has 136 valence electrons. The Morgan fingerprint density at radius 2 is 2.00 bits per heavy atom. The largest absolute Gasteiger partial charge is 0.368 e. The number of nitrogens with zero attached hydrogens (tertiary/aromatic N) is 2. The number of aromatic amines is 1. The van der Waals surface area contributed by atoms with Gasteiger partial charge in [-0.2, -0.15) is 0 Å². The quantitative estimate of drug-likeness (QED) is 0.797. The van der Waals surface area contributed by atoms with E-state index in [0.29, 0.717) is 35.8 Å². The molecule has 26 heavy (non-hydrogen) atoms. The number of benzene rings is 1. The number of nitrogens with one attached hydrogen (secondary N) is 1. The summed E-state index contributed by atoms with van der Waals surface area (Å²) in [6.07, 6.45) is 5.95. The number of fused-ring (bicyclic) bond motifs is 2.